The quantitative estimate of drug-likeness (QED) is 0.873. The molecule has 1 N–H and O–H groups in total. The van der Waals surface area contributed by atoms with Crippen LogP contribution in [0.25, 0.3) is 0 Å². The second-order valence-electron chi connectivity index (χ2n) is 4.57. The van der Waals surface area contributed by atoms with Crippen LogP contribution in [0.1, 0.15) is 16.7 Å². The van der Waals surface area contributed by atoms with Gasteiger partial charge in [0.25, 0.3) is 0 Å². The van der Waals surface area contributed by atoms with Gasteiger partial charge < -0.3 is 10.1 Å². The Morgan fingerprint density at radius 3 is 2.55 bits per heavy atom. The van der Waals surface area contributed by atoms with E-state index in [0.29, 0.717) is 18.7 Å². The Morgan fingerprint density at radius 2 is 1.75 bits per heavy atom. The van der Waals surface area contributed by atoms with Crippen molar-refractivity contribution in [2.45, 2.75) is 19.7 Å². The predicted octanol–water partition coefficient (Wildman–Crippen LogP) is 3.40. The molecular weight excluding hydrogens is 260 g/mol. The molecule has 106 valence electrons. The van der Waals surface area contributed by atoms with Gasteiger partial charge in [0, 0.05) is 25.8 Å². The lowest BCUT2D eigenvalue weighted by atomic mass is 10.1. The minimum absolute atomic E-state index is 0.290. The van der Waals surface area contributed by atoms with Crippen LogP contribution in [0.3, 0.4) is 0 Å². The van der Waals surface area contributed by atoms with Gasteiger partial charge in [-0.1, -0.05) is 36.4 Å². The molecule has 0 bridgehead atoms. The number of hydrogen-bond acceptors (Lipinski definition) is 2. The zero-order chi connectivity index (χ0) is 14.4. The maximum atomic E-state index is 13.5. The fourth-order valence-electron chi connectivity index (χ4n) is 2.02. The highest BCUT2D eigenvalue weighted by atomic mass is 19.2. The highest BCUT2D eigenvalue weighted by Crippen LogP contribution is 2.11. The van der Waals surface area contributed by atoms with Crippen molar-refractivity contribution >= 4 is 0 Å². The average molecular weight is 277 g/mol. The molecule has 2 aromatic carbocycles. The molecule has 2 nitrogen and oxygen atoms in total. The molecule has 2 rings (SSSR count). The van der Waals surface area contributed by atoms with Crippen molar-refractivity contribution in [1.29, 1.82) is 0 Å². The van der Waals surface area contributed by atoms with E-state index in [-0.39, 0.29) is 6.54 Å². The molecule has 0 radical (unpaired) electrons. The molecule has 0 aliphatic carbocycles. The van der Waals surface area contributed by atoms with Crippen LogP contribution < -0.4 is 5.32 Å². The third-order valence-corrected chi connectivity index (χ3v) is 2.98. The van der Waals surface area contributed by atoms with Crippen LogP contribution in [0, 0.1) is 11.6 Å². The SMILES string of the molecule is COCc1cccc(CNCc2cccc(F)c2F)c1. The summed E-state index contributed by atoms with van der Waals surface area (Å²) in [6.07, 6.45) is 0. The Balaban J connectivity index is 1.92. The number of rotatable bonds is 6. The second-order valence-corrected chi connectivity index (χ2v) is 4.57. The summed E-state index contributed by atoms with van der Waals surface area (Å²) in [6.45, 7) is 1.44. The van der Waals surface area contributed by atoms with E-state index in [4.69, 9.17) is 4.74 Å². The zero-order valence-corrected chi connectivity index (χ0v) is 11.3. The van der Waals surface area contributed by atoms with Crippen LogP contribution in [-0.4, -0.2) is 7.11 Å². The zero-order valence-electron chi connectivity index (χ0n) is 11.3. The van der Waals surface area contributed by atoms with Crippen molar-refractivity contribution in [1.82, 2.24) is 5.32 Å². The van der Waals surface area contributed by atoms with Gasteiger partial charge in [0.05, 0.1) is 6.61 Å². The lowest BCUT2D eigenvalue weighted by Gasteiger charge is -2.08. The van der Waals surface area contributed by atoms with Gasteiger partial charge in [-0.3, -0.25) is 0 Å². The van der Waals surface area contributed by atoms with Gasteiger partial charge in [-0.05, 0) is 17.2 Å². The van der Waals surface area contributed by atoms with E-state index in [1.165, 1.54) is 6.07 Å². The maximum absolute atomic E-state index is 13.5. The minimum atomic E-state index is -0.814. The predicted molar refractivity (Wildman–Crippen MR) is 74.1 cm³/mol. The van der Waals surface area contributed by atoms with Crippen molar-refractivity contribution in [3.63, 3.8) is 0 Å². The van der Waals surface area contributed by atoms with Crippen molar-refractivity contribution in [2.24, 2.45) is 0 Å². The average Bonchev–Trinajstić information content (AvgIpc) is 2.44. The summed E-state index contributed by atoms with van der Waals surface area (Å²) >= 11 is 0. The molecule has 0 saturated heterocycles. The molecule has 0 unspecified atom stereocenters. The number of nitrogens with one attached hydrogen (secondary N) is 1. The molecular formula is C16H17F2NO. The van der Waals surface area contributed by atoms with Gasteiger partial charge in [0.1, 0.15) is 0 Å². The molecule has 0 aromatic heterocycles. The lowest BCUT2D eigenvalue weighted by Crippen LogP contribution is -2.14. The van der Waals surface area contributed by atoms with Gasteiger partial charge >= 0.3 is 0 Å². The monoisotopic (exact) mass is 277 g/mol. The minimum Gasteiger partial charge on any atom is -0.380 e. The van der Waals surface area contributed by atoms with Gasteiger partial charge in [0.2, 0.25) is 0 Å². The normalized spacial score (nSPS) is 10.8. The third kappa shape index (κ3) is 3.85. The van der Waals surface area contributed by atoms with E-state index >= 15 is 0 Å². The molecule has 0 heterocycles. The highest BCUT2D eigenvalue weighted by Gasteiger charge is 2.06. The van der Waals surface area contributed by atoms with Crippen LogP contribution in [-0.2, 0) is 24.4 Å². The van der Waals surface area contributed by atoms with Crippen LogP contribution in [0.4, 0.5) is 8.78 Å². The molecule has 0 fully saturated rings. The fourth-order valence-corrected chi connectivity index (χ4v) is 2.02. The van der Waals surface area contributed by atoms with Crippen molar-refractivity contribution in [2.75, 3.05) is 7.11 Å². The molecule has 0 aliphatic rings. The first-order chi connectivity index (χ1) is 9.70. The Bertz CT molecular complexity index is 572. The molecule has 0 amide bonds. The van der Waals surface area contributed by atoms with Crippen LogP contribution in [0.5, 0.6) is 0 Å². The molecule has 0 aliphatic heterocycles. The first-order valence-electron chi connectivity index (χ1n) is 6.41. The van der Waals surface area contributed by atoms with Crippen LogP contribution >= 0.6 is 0 Å². The van der Waals surface area contributed by atoms with E-state index in [2.05, 4.69) is 5.32 Å². The summed E-state index contributed by atoms with van der Waals surface area (Å²) in [5.41, 5.74) is 2.50. The van der Waals surface area contributed by atoms with Crippen LogP contribution in [0.15, 0.2) is 42.5 Å². The fraction of sp³-hybridized carbons (Fsp3) is 0.250. The maximum Gasteiger partial charge on any atom is 0.163 e. The summed E-state index contributed by atoms with van der Waals surface area (Å²) in [5.74, 6) is -1.60. The number of hydrogen-bond donors (Lipinski definition) is 1. The van der Waals surface area contributed by atoms with E-state index < -0.39 is 11.6 Å². The van der Waals surface area contributed by atoms with Crippen molar-refractivity contribution in [3.05, 3.63) is 70.8 Å². The topological polar surface area (TPSA) is 21.3 Å². The van der Waals surface area contributed by atoms with E-state index in [1.807, 2.05) is 24.3 Å². The Labute approximate surface area is 117 Å². The number of ether oxygens (including phenoxy) is 1. The third-order valence-electron chi connectivity index (χ3n) is 2.98. The largest absolute Gasteiger partial charge is 0.380 e. The smallest absolute Gasteiger partial charge is 0.163 e. The molecule has 0 atom stereocenters. The summed E-state index contributed by atoms with van der Waals surface area (Å²) in [7, 11) is 1.65. The molecule has 4 heteroatoms. The second kappa shape index (κ2) is 7.12. The summed E-state index contributed by atoms with van der Waals surface area (Å²) < 4.78 is 31.6. The highest BCUT2D eigenvalue weighted by molar-refractivity contribution is 5.23. The standard InChI is InChI=1S/C16H17F2NO/c1-20-11-13-5-2-4-12(8-13)9-19-10-14-6-3-7-15(17)16(14)18/h2-8,19H,9-11H2,1H3. The lowest BCUT2D eigenvalue weighted by molar-refractivity contribution is 0.185. The molecule has 0 spiro atoms. The van der Waals surface area contributed by atoms with Crippen LogP contribution in [0.2, 0.25) is 0 Å². The Morgan fingerprint density at radius 1 is 1.00 bits per heavy atom. The van der Waals surface area contributed by atoms with Gasteiger partial charge in [-0.15, -0.1) is 0 Å². The summed E-state index contributed by atoms with van der Waals surface area (Å²) in [5, 5.41) is 3.11. The van der Waals surface area contributed by atoms with Crippen molar-refractivity contribution < 1.29 is 13.5 Å². The first kappa shape index (κ1) is 14.6. The van der Waals surface area contributed by atoms with Gasteiger partial charge in [-0.2, -0.15) is 0 Å². The molecule has 20 heavy (non-hydrogen) atoms. The van der Waals surface area contributed by atoms with Crippen molar-refractivity contribution in [3.8, 4) is 0 Å². The Hall–Kier alpha value is -1.78. The van der Waals surface area contributed by atoms with E-state index in [0.717, 1.165) is 17.2 Å². The number of methoxy groups -OCH3 is 1. The number of benzene rings is 2. The van der Waals surface area contributed by atoms with Gasteiger partial charge in [-0.25, -0.2) is 8.78 Å². The summed E-state index contributed by atoms with van der Waals surface area (Å²) in [4.78, 5) is 0. The van der Waals surface area contributed by atoms with E-state index in [9.17, 15) is 8.78 Å². The van der Waals surface area contributed by atoms with E-state index in [1.54, 1.807) is 13.2 Å². The number of halogens is 2. The Kier molecular flexibility index (Phi) is 5.21. The molecule has 2 aromatic rings. The van der Waals surface area contributed by atoms with Gasteiger partial charge in [0.15, 0.2) is 11.6 Å². The molecule has 0 saturated carbocycles. The summed E-state index contributed by atoms with van der Waals surface area (Å²) in [6, 6.07) is 12.1. The first-order valence-corrected chi connectivity index (χ1v) is 6.41.